The number of alkyl halides is 1. The summed E-state index contributed by atoms with van der Waals surface area (Å²) in [6.07, 6.45) is 0.761. The predicted molar refractivity (Wildman–Crippen MR) is 85.0 cm³/mol. The molecule has 7 nitrogen and oxygen atoms in total. The maximum absolute atomic E-state index is 13.2. The van der Waals surface area contributed by atoms with Crippen molar-refractivity contribution in [2.24, 2.45) is 5.11 Å². The number of benzene rings is 1. The van der Waals surface area contributed by atoms with E-state index in [1.165, 1.54) is 6.92 Å². The average molecular weight is 322 g/mol. The van der Waals surface area contributed by atoms with Crippen LogP contribution >= 0.6 is 0 Å². The molecular weight excluding hydrogens is 309 g/mol. The molecule has 1 aromatic carbocycles. The van der Waals surface area contributed by atoms with Gasteiger partial charge in [-0.2, -0.15) is 10.2 Å². The molecule has 0 amide bonds. The summed E-state index contributed by atoms with van der Waals surface area (Å²) < 4.78 is 16.4. The van der Waals surface area contributed by atoms with Gasteiger partial charge in [0.25, 0.3) is 5.69 Å². The molecule has 1 atom stereocenters. The Kier molecular flexibility index (Phi) is 3.03. The van der Waals surface area contributed by atoms with Gasteiger partial charge in [-0.25, -0.2) is 8.91 Å². The van der Waals surface area contributed by atoms with E-state index in [0.717, 1.165) is 22.5 Å². The molecule has 118 valence electrons. The van der Waals surface area contributed by atoms with Crippen LogP contribution in [0.4, 0.5) is 21.7 Å². The topological polar surface area (TPSA) is 95.4 Å². The molecule has 0 fully saturated rings. The number of nitrogens with two attached hydrogens (primary N) is 1. The van der Waals surface area contributed by atoms with Gasteiger partial charge in [-0.1, -0.05) is 10.8 Å². The van der Waals surface area contributed by atoms with Crippen LogP contribution < -0.4 is 5.73 Å². The highest BCUT2D eigenvalue weighted by Gasteiger charge is 2.30. The maximum Gasteiger partial charge on any atom is 0.264 e. The van der Waals surface area contributed by atoms with Crippen molar-refractivity contribution in [2.45, 2.75) is 13.1 Å². The van der Waals surface area contributed by atoms with Crippen LogP contribution in [-0.2, 0) is 0 Å². The Morgan fingerprint density at radius 3 is 3.00 bits per heavy atom. The molecule has 0 radical (unpaired) electrons. The molecule has 3 aromatic rings. The van der Waals surface area contributed by atoms with Gasteiger partial charge in [0.1, 0.15) is 11.6 Å². The Labute approximate surface area is 136 Å². The van der Waals surface area contributed by atoms with E-state index >= 15 is 0 Å². The minimum absolute atomic E-state index is 0.0419. The number of anilines is 1. The van der Waals surface area contributed by atoms with Gasteiger partial charge in [0.05, 0.1) is 0 Å². The number of aromatic nitrogens is 3. The van der Waals surface area contributed by atoms with E-state index in [4.69, 9.17) is 5.73 Å². The van der Waals surface area contributed by atoms with Gasteiger partial charge in [0.15, 0.2) is 11.9 Å². The fourth-order valence-corrected chi connectivity index (χ4v) is 2.85. The van der Waals surface area contributed by atoms with Crippen molar-refractivity contribution in [3.8, 4) is 17.2 Å². The number of nitrogen functional groups attached to an aromatic ring is 1. The number of halogens is 1. The zero-order chi connectivity index (χ0) is 16.8. The van der Waals surface area contributed by atoms with E-state index in [-0.39, 0.29) is 18.2 Å². The van der Waals surface area contributed by atoms with E-state index in [1.54, 1.807) is 15.4 Å². The summed E-state index contributed by atoms with van der Waals surface area (Å²) in [5.74, 6) is 0.0419. The first kappa shape index (κ1) is 14.3. The summed E-state index contributed by atoms with van der Waals surface area (Å²) in [6.45, 7) is 1.72. The quantitative estimate of drug-likeness (QED) is 0.750. The van der Waals surface area contributed by atoms with Crippen molar-refractivity contribution in [3.05, 3.63) is 36.2 Å². The second-order valence-corrected chi connectivity index (χ2v) is 5.62. The Balaban J connectivity index is 1.83. The summed E-state index contributed by atoms with van der Waals surface area (Å²) in [5, 5.41) is 17.7. The minimum atomic E-state index is -0.970. The van der Waals surface area contributed by atoms with Gasteiger partial charge in [-0.05, 0) is 24.6 Å². The van der Waals surface area contributed by atoms with Crippen molar-refractivity contribution >= 4 is 22.8 Å². The smallest absolute Gasteiger partial charge is 0.264 e. The summed E-state index contributed by atoms with van der Waals surface area (Å²) in [5.41, 5.74) is 9.81. The number of nitriles is 1. The maximum atomic E-state index is 13.2. The van der Waals surface area contributed by atoms with Crippen LogP contribution in [0.2, 0.25) is 0 Å². The molecule has 0 aliphatic carbocycles. The van der Waals surface area contributed by atoms with Crippen molar-refractivity contribution in [1.82, 2.24) is 14.6 Å². The van der Waals surface area contributed by atoms with Crippen molar-refractivity contribution in [3.63, 3.8) is 0 Å². The molecule has 0 spiro atoms. The Bertz CT molecular complexity index is 1040. The van der Waals surface area contributed by atoms with Crippen LogP contribution in [0.1, 0.15) is 12.6 Å². The standard InChI is InChI=1S/C16H13FN7/c1-9(17)8-24-14-6-10(2-3-12(14)21-24)11-4-5-23-15(11)13(7-18)20-16(19)22-23/h2-6,9H,8H2,1H3,(H2,19,20,22)/q+1/t9-/m0/s1. The molecule has 1 aliphatic heterocycles. The Morgan fingerprint density at radius 1 is 1.42 bits per heavy atom. The molecule has 4 rings (SSSR count). The number of hydrogen-bond donors (Lipinski definition) is 1. The highest BCUT2D eigenvalue weighted by atomic mass is 19.1. The third kappa shape index (κ3) is 2.10. The van der Waals surface area contributed by atoms with Gasteiger partial charge in [0, 0.05) is 22.9 Å². The Hall–Kier alpha value is -3.34. The molecular formula is C16H13FN7+. The molecule has 2 N–H and O–H groups in total. The normalized spacial score (nSPS) is 13.8. The van der Waals surface area contributed by atoms with E-state index in [1.807, 2.05) is 24.3 Å². The molecule has 1 aliphatic rings. The summed E-state index contributed by atoms with van der Waals surface area (Å²) in [4.78, 5) is 3.99. The van der Waals surface area contributed by atoms with Crippen LogP contribution in [-0.4, -0.2) is 32.0 Å². The summed E-state index contributed by atoms with van der Waals surface area (Å²) >= 11 is 0. The minimum Gasteiger partial charge on any atom is -0.367 e. The lowest BCUT2D eigenvalue weighted by Crippen LogP contribution is -2.18. The lowest BCUT2D eigenvalue weighted by molar-refractivity contribution is -0.530. The largest absolute Gasteiger partial charge is 0.367 e. The Morgan fingerprint density at radius 2 is 2.25 bits per heavy atom. The first-order valence-electron chi connectivity index (χ1n) is 7.39. The third-order valence-corrected chi connectivity index (χ3v) is 3.85. The third-order valence-electron chi connectivity index (χ3n) is 3.85. The van der Waals surface area contributed by atoms with Crippen LogP contribution in [0, 0.1) is 11.3 Å². The lowest BCUT2D eigenvalue weighted by atomic mass is 10.0. The van der Waals surface area contributed by atoms with Gasteiger partial charge in [0.2, 0.25) is 18.2 Å². The highest BCUT2D eigenvalue weighted by Crippen LogP contribution is 2.41. The number of azo groups is 2. The fourth-order valence-electron chi connectivity index (χ4n) is 2.85. The highest BCUT2D eigenvalue weighted by molar-refractivity contribution is 5.86. The SMILES string of the molecule is C[C@H](F)C[N+]1=Nc2ccc(-c3ccn4nc(N)nc(C#N)c34)cc21. The number of hydrogen-bond acceptors (Lipinski definition) is 5. The molecule has 0 saturated carbocycles. The van der Waals surface area contributed by atoms with E-state index in [9.17, 15) is 9.65 Å². The summed E-state index contributed by atoms with van der Waals surface area (Å²) in [7, 11) is 0. The van der Waals surface area contributed by atoms with Crippen molar-refractivity contribution in [2.75, 3.05) is 12.3 Å². The monoisotopic (exact) mass is 322 g/mol. The molecule has 24 heavy (non-hydrogen) atoms. The second-order valence-electron chi connectivity index (χ2n) is 5.62. The molecule has 2 aromatic heterocycles. The van der Waals surface area contributed by atoms with Gasteiger partial charge < -0.3 is 5.73 Å². The molecule has 0 saturated heterocycles. The first-order valence-corrected chi connectivity index (χ1v) is 7.39. The number of rotatable bonds is 3. The van der Waals surface area contributed by atoms with E-state index in [0.29, 0.717) is 5.52 Å². The van der Waals surface area contributed by atoms with Gasteiger partial charge >= 0.3 is 0 Å². The van der Waals surface area contributed by atoms with E-state index < -0.39 is 6.17 Å². The second kappa shape index (κ2) is 5.09. The zero-order valence-corrected chi connectivity index (χ0v) is 12.8. The molecule has 8 heteroatoms. The molecule has 0 unspecified atom stereocenters. The van der Waals surface area contributed by atoms with Crippen molar-refractivity contribution in [1.29, 1.82) is 5.26 Å². The van der Waals surface area contributed by atoms with E-state index in [2.05, 4.69) is 21.3 Å². The fraction of sp³-hybridized carbons (Fsp3) is 0.188. The number of nitrogens with zero attached hydrogens (tertiary/aromatic N) is 6. The lowest BCUT2D eigenvalue weighted by Gasteiger charge is -2.12. The number of fused-ring (bicyclic) bond motifs is 2. The van der Waals surface area contributed by atoms with Gasteiger partial charge in [-0.3, -0.25) is 0 Å². The molecule has 0 bridgehead atoms. The van der Waals surface area contributed by atoms with Crippen LogP contribution in [0.25, 0.3) is 16.6 Å². The van der Waals surface area contributed by atoms with Crippen LogP contribution in [0.15, 0.2) is 35.6 Å². The van der Waals surface area contributed by atoms with Crippen molar-refractivity contribution < 1.29 is 9.09 Å². The first-order chi connectivity index (χ1) is 11.6. The molecule has 3 heterocycles. The predicted octanol–water partition coefficient (Wildman–Crippen LogP) is 2.95. The zero-order valence-electron chi connectivity index (χ0n) is 12.8. The average Bonchev–Trinajstić information content (AvgIpc) is 2.95. The summed E-state index contributed by atoms with van der Waals surface area (Å²) in [6, 6.07) is 9.61. The van der Waals surface area contributed by atoms with Crippen LogP contribution in [0.3, 0.4) is 0 Å². The van der Waals surface area contributed by atoms with Gasteiger partial charge in [-0.15, -0.1) is 5.10 Å². The van der Waals surface area contributed by atoms with Crippen LogP contribution in [0.5, 0.6) is 0 Å².